The number of aryl methyl sites for hydroxylation is 2. The highest BCUT2D eigenvalue weighted by Crippen LogP contribution is 2.29. The molecule has 0 radical (unpaired) electrons. The summed E-state index contributed by atoms with van der Waals surface area (Å²) in [6.45, 7) is 3.53. The average Bonchev–Trinajstić information content (AvgIpc) is 2.37. The third kappa shape index (κ3) is 2.40. The van der Waals surface area contributed by atoms with E-state index in [1.807, 2.05) is 25.1 Å². The van der Waals surface area contributed by atoms with Crippen LogP contribution in [0.1, 0.15) is 21.6 Å². The van der Waals surface area contributed by atoms with Crippen LogP contribution in [0.4, 0.5) is 5.82 Å². The van der Waals surface area contributed by atoms with Crippen LogP contribution in [0.25, 0.3) is 11.4 Å². The second kappa shape index (κ2) is 5.16. The molecule has 6 heteroatoms. The summed E-state index contributed by atoms with van der Waals surface area (Å²) in [5, 5.41) is 9.06. The van der Waals surface area contributed by atoms with Gasteiger partial charge in [0.25, 0.3) is 0 Å². The average molecular weight is 273 g/mol. The fourth-order valence-electron chi connectivity index (χ4n) is 1.96. The number of aromatic carboxylic acids is 1. The van der Waals surface area contributed by atoms with Gasteiger partial charge in [0.1, 0.15) is 17.1 Å². The summed E-state index contributed by atoms with van der Waals surface area (Å²) in [5.41, 5.74) is 7.67. The fourth-order valence-corrected chi connectivity index (χ4v) is 1.96. The molecule has 20 heavy (non-hydrogen) atoms. The van der Waals surface area contributed by atoms with Crippen LogP contribution in [0.3, 0.4) is 0 Å². The number of hydrogen-bond acceptors (Lipinski definition) is 5. The molecule has 0 saturated heterocycles. The van der Waals surface area contributed by atoms with Crippen LogP contribution in [0, 0.1) is 13.8 Å². The molecular weight excluding hydrogens is 258 g/mol. The molecule has 6 nitrogen and oxygen atoms in total. The Morgan fingerprint density at radius 3 is 2.55 bits per heavy atom. The lowest BCUT2D eigenvalue weighted by Gasteiger charge is -2.11. The molecular formula is C14H15N3O3. The lowest BCUT2D eigenvalue weighted by Crippen LogP contribution is -2.10. The molecule has 0 bridgehead atoms. The Hall–Kier alpha value is -2.63. The molecule has 1 heterocycles. The largest absolute Gasteiger partial charge is 0.496 e. The highest BCUT2D eigenvalue weighted by atomic mass is 16.5. The molecule has 1 aromatic carbocycles. The Bertz CT molecular complexity index is 660. The Morgan fingerprint density at radius 1 is 1.30 bits per heavy atom. The number of ether oxygens (including phenoxy) is 1. The van der Waals surface area contributed by atoms with Crippen LogP contribution in [0.15, 0.2) is 18.2 Å². The SMILES string of the molecule is COc1cc(C)ccc1-c1nc(C)c(C(=O)O)c(N)n1. The van der Waals surface area contributed by atoms with E-state index in [2.05, 4.69) is 9.97 Å². The van der Waals surface area contributed by atoms with Crippen molar-refractivity contribution in [2.45, 2.75) is 13.8 Å². The number of hydrogen-bond donors (Lipinski definition) is 2. The van der Waals surface area contributed by atoms with E-state index in [9.17, 15) is 4.79 Å². The minimum Gasteiger partial charge on any atom is -0.496 e. The molecule has 0 saturated carbocycles. The highest BCUT2D eigenvalue weighted by molar-refractivity contribution is 5.94. The van der Waals surface area contributed by atoms with Crippen LogP contribution in [-0.2, 0) is 0 Å². The number of benzene rings is 1. The maximum atomic E-state index is 11.1. The quantitative estimate of drug-likeness (QED) is 0.888. The summed E-state index contributed by atoms with van der Waals surface area (Å²) in [7, 11) is 1.56. The molecule has 2 rings (SSSR count). The van der Waals surface area contributed by atoms with Gasteiger partial charge in [-0.1, -0.05) is 6.07 Å². The van der Waals surface area contributed by atoms with Gasteiger partial charge in [0.05, 0.1) is 18.4 Å². The molecule has 3 N–H and O–H groups in total. The van der Waals surface area contributed by atoms with Crippen LogP contribution < -0.4 is 10.5 Å². The van der Waals surface area contributed by atoms with Crippen molar-refractivity contribution in [1.82, 2.24) is 9.97 Å². The third-order valence-electron chi connectivity index (χ3n) is 2.93. The summed E-state index contributed by atoms with van der Waals surface area (Å²) in [5.74, 6) is -0.223. The zero-order valence-corrected chi connectivity index (χ0v) is 11.5. The minimum absolute atomic E-state index is 0.0531. The Balaban J connectivity index is 2.63. The van der Waals surface area contributed by atoms with Crippen LogP contribution in [0.5, 0.6) is 5.75 Å². The summed E-state index contributed by atoms with van der Waals surface area (Å²) in [6, 6.07) is 5.58. The highest BCUT2D eigenvalue weighted by Gasteiger charge is 2.18. The number of nitrogens with two attached hydrogens (primary N) is 1. The smallest absolute Gasteiger partial charge is 0.341 e. The number of methoxy groups -OCH3 is 1. The summed E-state index contributed by atoms with van der Waals surface area (Å²) in [4.78, 5) is 19.4. The van der Waals surface area contributed by atoms with Crippen molar-refractivity contribution in [3.05, 3.63) is 35.0 Å². The predicted octanol–water partition coefficient (Wildman–Crippen LogP) is 2.05. The topological polar surface area (TPSA) is 98.3 Å². The summed E-state index contributed by atoms with van der Waals surface area (Å²) >= 11 is 0. The number of aromatic nitrogens is 2. The standard InChI is InChI=1S/C14H15N3O3/c1-7-4-5-9(10(6-7)20-3)13-16-8(2)11(14(18)19)12(15)17-13/h4-6H,1-3H3,(H,18,19)(H2,15,16,17). The second-order valence-electron chi connectivity index (χ2n) is 4.40. The van der Waals surface area contributed by atoms with E-state index >= 15 is 0 Å². The van der Waals surface area contributed by atoms with E-state index in [0.29, 0.717) is 22.8 Å². The third-order valence-corrected chi connectivity index (χ3v) is 2.93. The van der Waals surface area contributed by atoms with Crippen molar-refractivity contribution in [2.75, 3.05) is 12.8 Å². The number of nitrogens with zero attached hydrogens (tertiary/aromatic N) is 2. The number of anilines is 1. The zero-order chi connectivity index (χ0) is 14.9. The molecule has 0 amide bonds. The Labute approximate surface area is 116 Å². The molecule has 0 spiro atoms. The molecule has 0 aliphatic rings. The maximum absolute atomic E-state index is 11.1. The van der Waals surface area contributed by atoms with Crippen molar-refractivity contribution in [2.24, 2.45) is 0 Å². The van der Waals surface area contributed by atoms with Crippen LogP contribution >= 0.6 is 0 Å². The number of carboxylic acids is 1. The first-order chi connectivity index (χ1) is 9.43. The van der Waals surface area contributed by atoms with Gasteiger partial charge in [-0.15, -0.1) is 0 Å². The van der Waals surface area contributed by atoms with E-state index in [-0.39, 0.29) is 11.4 Å². The van der Waals surface area contributed by atoms with Crippen molar-refractivity contribution in [1.29, 1.82) is 0 Å². The predicted molar refractivity (Wildman–Crippen MR) is 74.9 cm³/mol. The monoisotopic (exact) mass is 273 g/mol. The molecule has 0 aliphatic carbocycles. The van der Waals surface area contributed by atoms with Gasteiger partial charge in [-0.2, -0.15) is 0 Å². The van der Waals surface area contributed by atoms with Crippen molar-refractivity contribution in [3.8, 4) is 17.1 Å². The first kappa shape index (κ1) is 13.8. The van der Waals surface area contributed by atoms with Crippen LogP contribution in [-0.4, -0.2) is 28.2 Å². The van der Waals surface area contributed by atoms with Gasteiger partial charge in [0.2, 0.25) is 0 Å². The number of nitrogen functional groups attached to an aromatic ring is 1. The number of rotatable bonds is 3. The summed E-state index contributed by atoms with van der Waals surface area (Å²) < 4.78 is 5.30. The van der Waals surface area contributed by atoms with E-state index < -0.39 is 5.97 Å². The van der Waals surface area contributed by atoms with Crippen molar-refractivity contribution < 1.29 is 14.6 Å². The molecule has 0 unspecified atom stereocenters. The molecule has 1 aromatic heterocycles. The molecule has 0 fully saturated rings. The lowest BCUT2D eigenvalue weighted by atomic mass is 10.1. The van der Waals surface area contributed by atoms with Crippen molar-refractivity contribution >= 4 is 11.8 Å². The second-order valence-corrected chi connectivity index (χ2v) is 4.40. The van der Waals surface area contributed by atoms with Gasteiger partial charge in [-0.25, -0.2) is 14.8 Å². The van der Waals surface area contributed by atoms with E-state index in [0.717, 1.165) is 5.56 Å². The Morgan fingerprint density at radius 2 is 2.00 bits per heavy atom. The zero-order valence-electron chi connectivity index (χ0n) is 11.5. The summed E-state index contributed by atoms with van der Waals surface area (Å²) in [6.07, 6.45) is 0. The van der Waals surface area contributed by atoms with E-state index in [1.54, 1.807) is 14.0 Å². The van der Waals surface area contributed by atoms with Gasteiger partial charge >= 0.3 is 5.97 Å². The van der Waals surface area contributed by atoms with E-state index in [1.165, 1.54) is 0 Å². The first-order valence-electron chi connectivity index (χ1n) is 5.96. The minimum atomic E-state index is -1.14. The van der Waals surface area contributed by atoms with Gasteiger partial charge in [-0.3, -0.25) is 0 Å². The molecule has 2 aromatic rings. The van der Waals surface area contributed by atoms with Gasteiger partial charge in [-0.05, 0) is 31.5 Å². The van der Waals surface area contributed by atoms with Gasteiger partial charge in [0.15, 0.2) is 5.82 Å². The normalized spacial score (nSPS) is 10.3. The molecule has 0 atom stereocenters. The first-order valence-corrected chi connectivity index (χ1v) is 5.96. The van der Waals surface area contributed by atoms with Crippen molar-refractivity contribution in [3.63, 3.8) is 0 Å². The number of carboxylic acid groups (broad SMARTS) is 1. The molecule has 104 valence electrons. The van der Waals surface area contributed by atoms with Gasteiger partial charge in [0, 0.05) is 0 Å². The Kier molecular flexibility index (Phi) is 3.56. The number of carbonyl (C=O) groups is 1. The fraction of sp³-hybridized carbons (Fsp3) is 0.214. The van der Waals surface area contributed by atoms with E-state index in [4.69, 9.17) is 15.6 Å². The van der Waals surface area contributed by atoms with Crippen LogP contribution in [0.2, 0.25) is 0 Å². The molecule has 0 aliphatic heterocycles. The maximum Gasteiger partial charge on any atom is 0.341 e. The van der Waals surface area contributed by atoms with Gasteiger partial charge < -0.3 is 15.6 Å². The lowest BCUT2D eigenvalue weighted by molar-refractivity contribution is 0.0696.